The van der Waals surface area contributed by atoms with Crippen LogP contribution in [0.4, 0.5) is 5.69 Å². The lowest BCUT2D eigenvalue weighted by molar-refractivity contribution is -0.140. The molecule has 0 saturated heterocycles. The molecule has 1 amide bonds. The summed E-state index contributed by atoms with van der Waals surface area (Å²) in [5, 5.41) is 9.39. The Balaban J connectivity index is 2.49. The number of carbonyl (C=O) groups excluding carboxylic acids is 1. The number of nitrogens with two attached hydrogens (primary N) is 1. The average molecular weight is 262 g/mol. The fourth-order valence-electron chi connectivity index (χ4n) is 2.57. The smallest absolute Gasteiger partial charge is 0.327 e. The molecule has 5 nitrogen and oxygen atoms in total. The van der Waals surface area contributed by atoms with Gasteiger partial charge in [0.25, 0.3) is 0 Å². The van der Waals surface area contributed by atoms with Crippen LogP contribution in [-0.4, -0.2) is 29.1 Å². The normalized spacial score (nSPS) is 23.0. The number of amides is 1. The van der Waals surface area contributed by atoms with Crippen LogP contribution in [0, 0.1) is 0 Å². The van der Waals surface area contributed by atoms with Crippen LogP contribution in [0.3, 0.4) is 0 Å². The van der Waals surface area contributed by atoms with Gasteiger partial charge < -0.3 is 10.8 Å². The van der Waals surface area contributed by atoms with Crippen molar-refractivity contribution < 1.29 is 14.7 Å². The van der Waals surface area contributed by atoms with Crippen LogP contribution in [-0.2, 0) is 9.59 Å². The van der Waals surface area contributed by atoms with Gasteiger partial charge in [-0.1, -0.05) is 32.0 Å². The van der Waals surface area contributed by atoms with Crippen molar-refractivity contribution in [2.24, 2.45) is 5.73 Å². The highest BCUT2D eigenvalue weighted by Crippen LogP contribution is 2.41. The first-order valence-electron chi connectivity index (χ1n) is 6.39. The average Bonchev–Trinajstić information content (AvgIpc) is 2.71. The summed E-state index contributed by atoms with van der Waals surface area (Å²) in [4.78, 5) is 25.2. The highest BCUT2D eigenvalue weighted by molar-refractivity contribution is 6.04. The third-order valence-corrected chi connectivity index (χ3v) is 3.69. The number of rotatable bonds is 3. The standard InChI is InChI=1S/C14H18N2O3/c1-3-10(15)13(17)16-11-7-5-4-6-9(11)8(2)12(16)14(18)19/h4-8,10,12H,3,15H2,1-2H3,(H,18,19)/t8-,10-,12+/m0/s1. The molecule has 102 valence electrons. The number of anilines is 1. The molecule has 19 heavy (non-hydrogen) atoms. The Bertz CT molecular complexity index is 515. The first kappa shape index (κ1) is 13.5. The number of benzene rings is 1. The van der Waals surface area contributed by atoms with Crippen LogP contribution >= 0.6 is 0 Å². The summed E-state index contributed by atoms with van der Waals surface area (Å²) in [6, 6.07) is 5.74. The zero-order chi connectivity index (χ0) is 14.2. The van der Waals surface area contributed by atoms with Gasteiger partial charge in [-0.2, -0.15) is 0 Å². The van der Waals surface area contributed by atoms with E-state index in [0.29, 0.717) is 12.1 Å². The molecule has 1 aliphatic rings. The molecule has 0 unspecified atom stereocenters. The van der Waals surface area contributed by atoms with E-state index in [2.05, 4.69) is 0 Å². The maximum absolute atomic E-state index is 12.3. The van der Waals surface area contributed by atoms with Gasteiger partial charge in [-0.05, 0) is 18.1 Å². The molecule has 0 aliphatic carbocycles. The molecule has 0 fully saturated rings. The predicted molar refractivity (Wildman–Crippen MR) is 72.0 cm³/mol. The number of hydrogen-bond acceptors (Lipinski definition) is 3. The van der Waals surface area contributed by atoms with E-state index in [1.165, 1.54) is 4.90 Å². The van der Waals surface area contributed by atoms with Crippen molar-refractivity contribution in [2.75, 3.05) is 4.90 Å². The Morgan fingerprint density at radius 3 is 2.63 bits per heavy atom. The number of fused-ring (bicyclic) bond motifs is 1. The molecule has 0 aromatic heterocycles. The van der Waals surface area contributed by atoms with Gasteiger partial charge in [0.05, 0.1) is 6.04 Å². The Labute approximate surface area is 112 Å². The molecule has 0 bridgehead atoms. The largest absolute Gasteiger partial charge is 0.480 e. The summed E-state index contributed by atoms with van der Waals surface area (Å²) < 4.78 is 0. The lowest BCUT2D eigenvalue weighted by atomic mass is 9.97. The van der Waals surface area contributed by atoms with E-state index in [-0.39, 0.29) is 11.8 Å². The minimum absolute atomic E-state index is 0.235. The van der Waals surface area contributed by atoms with Crippen LogP contribution < -0.4 is 10.6 Å². The quantitative estimate of drug-likeness (QED) is 0.860. The summed E-state index contributed by atoms with van der Waals surface area (Å²) in [6.45, 7) is 3.63. The van der Waals surface area contributed by atoms with E-state index < -0.39 is 18.1 Å². The van der Waals surface area contributed by atoms with E-state index in [0.717, 1.165) is 5.56 Å². The third-order valence-electron chi connectivity index (χ3n) is 3.69. The number of nitrogens with zero attached hydrogens (tertiary/aromatic N) is 1. The molecule has 1 aliphatic heterocycles. The molecular weight excluding hydrogens is 244 g/mol. The molecule has 1 heterocycles. The molecule has 1 aromatic rings. The fraction of sp³-hybridized carbons (Fsp3) is 0.429. The lowest BCUT2D eigenvalue weighted by Crippen LogP contribution is -2.50. The van der Waals surface area contributed by atoms with Crippen LogP contribution in [0.2, 0.25) is 0 Å². The van der Waals surface area contributed by atoms with Gasteiger partial charge in [0.15, 0.2) is 0 Å². The van der Waals surface area contributed by atoms with E-state index in [1.807, 2.05) is 26.0 Å². The van der Waals surface area contributed by atoms with Gasteiger partial charge in [-0.3, -0.25) is 9.69 Å². The summed E-state index contributed by atoms with van der Waals surface area (Å²) in [5.41, 5.74) is 7.32. The monoisotopic (exact) mass is 262 g/mol. The molecule has 5 heteroatoms. The Hall–Kier alpha value is -1.88. The number of carbonyl (C=O) groups is 2. The minimum atomic E-state index is -1.000. The summed E-state index contributed by atoms with van der Waals surface area (Å²) >= 11 is 0. The van der Waals surface area contributed by atoms with Gasteiger partial charge in [0.2, 0.25) is 5.91 Å². The van der Waals surface area contributed by atoms with Crippen LogP contribution in [0.5, 0.6) is 0 Å². The zero-order valence-electron chi connectivity index (χ0n) is 11.0. The molecule has 3 N–H and O–H groups in total. The number of carboxylic acid groups (broad SMARTS) is 1. The molecule has 1 aromatic carbocycles. The number of aliphatic carboxylic acids is 1. The zero-order valence-corrected chi connectivity index (χ0v) is 11.0. The molecule has 0 spiro atoms. The molecule has 0 radical (unpaired) electrons. The third kappa shape index (κ3) is 2.10. The fourth-order valence-corrected chi connectivity index (χ4v) is 2.57. The molecule has 0 saturated carbocycles. The first-order chi connectivity index (χ1) is 8.99. The van der Waals surface area contributed by atoms with Gasteiger partial charge in [0.1, 0.15) is 6.04 Å². The number of hydrogen-bond donors (Lipinski definition) is 2. The van der Waals surface area contributed by atoms with Crippen molar-refractivity contribution >= 4 is 17.6 Å². The Morgan fingerprint density at radius 1 is 1.42 bits per heavy atom. The Morgan fingerprint density at radius 2 is 2.05 bits per heavy atom. The van der Waals surface area contributed by atoms with E-state index in [4.69, 9.17) is 5.73 Å². The topological polar surface area (TPSA) is 83.6 Å². The summed E-state index contributed by atoms with van der Waals surface area (Å²) in [6.07, 6.45) is 0.484. The molecule has 2 rings (SSSR count). The maximum Gasteiger partial charge on any atom is 0.327 e. The van der Waals surface area contributed by atoms with E-state index in [1.54, 1.807) is 12.1 Å². The lowest BCUT2D eigenvalue weighted by Gasteiger charge is -2.26. The van der Waals surface area contributed by atoms with Crippen LogP contribution in [0.1, 0.15) is 31.7 Å². The second-order valence-corrected chi connectivity index (χ2v) is 4.85. The van der Waals surface area contributed by atoms with Gasteiger partial charge in [-0.25, -0.2) is 4.79 Å². The summed E-state index contributed by atoms with van der Waals surface area (Å²) in [7, 11) is 0. The molecule has 3 atom stereocenters. The van der Waals surface area contributed by atoms with Crippen molar-refractivity contribution in [2.45, 2.75) is 38.3 Å². The molecular formula is C14H18N2O3. The van der Waals surface area contributed by atoms with E-state index >= 15 is 0 Å². The van der Waals surface area contributed by atoms with Gasteiger partial charge in [0, 0.05) is 11.6 Å². The highest BCUT2D eigenvalue weighted by atomic mass is 16.4. The number of para-hydroxylation sites is 1. The SMILES string of the molecule is CC[C@H](N)C(=O)N1c2ccccc2[C@H](C)[C@@H]1C(=O)O. The van der Waals surface area contributed by atoms with Gasteiger partial charge in [-0.15, -0.1) is 0 Å². The first-order valence-corrected chi connectivity index (χ1v) is 6.39. The second-order valence-electron chi connectivity index (χ2n) is 4.85. The second kappa shape index (κ2) is 5.01. The maximum atomic E-state index is 12.3. The van der Waals surface area contributed by atoms with Crippen molar-refractivity contribution in [1.82, 2.24) is 0 Å². The van der Waals surface area contributed by atoms with Crippen molar-refractivity contribution in [3.63, 3.8) is 0 Å². The number of carboxylic acids is 1. The Kier molecular flexibility index (Phi) is 3.57. The highest BCUT2D eigenvalue weighted by Gasteiger charge is 2.44. The summed E-state index contributed by atoms with van der Waals surface area (Å²) in [5.74, 6) is -1.56. The minimum Gasteiger partial charge on any atom is -0.480 e. The van der Waals surface area contributed by atoms with Crippen molar-refractivity contribution in [3.8, 4) is 0 Å². The van der Waals surface area contributed by atoms with Gasteiger partial charge >= 0.3 is 5.97 Å². The van der Waals surface area contributed by atoms with Crippen molar-refractivity contribution in [1.29, 1.82) is 0 Å². The van der Waals surface area contributed by atoms with Crippen LogP contribution in [0.25, 0.3) is 0 Å². The predicted octanol–water partition coefficient (Wildman–Crippen LogP) is 1.33. The van der Waals surface area contributed by atoms with Crippen molar-refractivity contribution in [3.05, 3.63) is 29.8 Å². The van der Waals surface area contributed by atoms with E-state index in [9.17, 15) is 14.7 Å². The van der Waals surface area contributed by atoms with Crippen LogP contribution in [0.15, 0.2) is 24.3 Å².